The van der Waals surface area contributed by atoms with E-state index in [1.165, 1.54) is 0 Å². The van der Waals surface area contributed by atoms with Crippen LogP contribution < -0.4 is 5.32 Å². The van der Waals surface area contributed by atoms with Crippen LogP contribution in [0.25, 0.3) is 0 Å². The number of carboxylic acids is 1. The molecule has 0 radical (unpaired) electrons. The maximum absolute atomic E-state index is 12.0. The summed E-state index contributed by atoms with van der Waals surface area (Å²) in [6.45, 7) is 1.48. The number of aliphatic carboxylic acids is 1. The van der Waals surface area contributed by atoms with Gasteiger partial charge in [-0.25, -0.2) is 0 Å². The average molecular weight is 311 g/mol. The second-order valence-electron chi connectivity index (χ2n) is 5.21. The van der Waals surface area contributed by atoms with E-state index in [2.05, 4.69) is 5.32 Å². The van der Waals surface area contributed by atoms with Crippen LogP contribution in [0.4, 0.5) is 5.69 Å². The predicted molar refractivity (Wildman–Crippen MR) is 81.5 cm³/mol. The lowest BCUT2D eigenvalue weighted by atomic mass is 10.1. The Balaban J connectivity index is 1.94. The SMILES string of the molecule is O=C(C[C@@H](C(=O)O)N1CCCCC1)Nc1ccc(Cl)cc1. The maximum Gasteiger partial charge on any atom is 0.321 e. The molecule has 0 aromatic heterocycles. The summed E-state index contributed by atoms with van der Waals surface area (Å²) in [4.78, 5) is 25.3. The second kappa shape index (κ2) is 7.43. The van der Waals surface area contributed by atoms with Crippen LogP contribution in [0.1, 0.15) is 25.7 Å². The van der Waals surface area contributed by atoms with Crippen molar-refractivity contribution >= 4 is 29.2 Å². The van der Waals surface area contributed by atoms with E-state index in [9.17, 15) is 14.7 Å². The minimum absolute atomic E-state index is 0.0437. The third kappa shape index (κ3) is 4.72. The molecular weight excluding hydrogens is 292 g/mol. The lowest BCUT2D eigenvalue weighted by molar-refractivity contribution is -0.145. The van der Waals surface area contributed by atoms with E-state index >= 15 is 0 Å². The Kier molecular flexibility index (Phi) is 5.59. The number of likely N-dealkylation sites (tertiary alicyclic amines) is 1. The molecule has 1 amide bonds. The summed E-state index contributed by atoms with van der Waals surface area (Å²) in [6, 6.07) is 5.98. The molecule has 1 atom stereocenters. The number of carbonyl (C=O) groups excluding carboxylic acids is 1. The van der Waals surface area contributed by atoms with E-state index in [1.807, 2.05) is 4.90 Å². The summed E-state index contributed by atoms with van der Waals surface area (Å²) < 4.78 is 0. The number of rotatable bonds is 5. The first-order chi connectivity index (χ1) is 10.1. The molecular formula is C15H19ClN2O3. The van der Waals surface area contributed by atoms with Crippen LogP contribution in [0.2, 0.25) is 5.02 Å². The fraction of sp³-hybridized carbons (Fsp3) is 0.467. The lowest BCUT2D eigenvalue weighted by Gasteiger charge is -2.31. The molecule has 114 valence electrons. The fourth-order valence-electron chi connectivity index (χ4n) is 2.52. The van der Waals surface area contributed by atoms with E-state index in [1.54, 1.807) is 24.3 Å². The highest BCUT2D eigenvalue weighted by Crippen LogP contribution is 2.17. The summed E-state index contributed by atoms with van der Waals surface area (Å²) in [5.41, 5.74) is 0.618. The fourth-order valence-corrected chi connectivity index (χ4v) is 2.65. The van der Waals surface area contributed by atoms with Crippen molar-refractivity contribution in [2.24, 2.45) is 0 Å². The Morgan fingerprint density at radius 2 is 1.81 bits per heavy atom. The zero-order valence-electron chi connectivity index (χ0n) is 11.7. The van der Waals surface area contributed by atoms with Gasteiger partial charge in [0.05, 0.1) is 6.42 Å². The number of carbonyl (C=O) groups is 2. The molecule has 0 aliphatic carbocycles. The van der Waals surface area contributed by atoms with Crippen molar-refractivity contribution in [3.05, 3.63) is 29.3 Å². The van der Waals surface area contributed by atoms with Crippen LogP contribution in [0.15, 0.2) is 24.3 Å². The van der Waals surface area contributed by atoms with E-state index in [-0.39, 0.29) is 12.3 Å². The number of carboxylic acid groups (broad SMARTS) is 1. The molecule has 1 aromatic rings. The van der Waals surface area contributed by atoms with Crippen molar-refractivity contribution in [2.75, 3.05) is 18.4 Å². The zero-order chi connectivity index (χ0) is 15.2. The molecule has 0 saturated carbocycles. The van der Waals surface area contributed by atoms with Gasteiger partial charge in [0.2, 0.25) is 5.91 Å². The minimum atomic E-state index is -0.942. The monoisotopic (exact) mass is 310 g/mol. The van der Waals surface area contributed by atoms with Crippen LogP contribution in [0.3, 0.4) is 0 Å². The first-order valence-corrected chi connectivity index (χ1v) is 7.46. The molecule has 1 heterocycles. The Morgan fingerprint density at radius 1 is 1.19 bits per heavy atom. The molecule has 1 aliphatic heterocycles. The Morgan fingerprint density at radius 3 is 2.38 bits per heavy atom. The van der Waals surface area contributed by atoms with Crippen molar-refractivity contribution in [1.29, 1.82) is 0 Å². The third-order valence-corrected chi connectivity index (χ3v) is 3.88. The normalized spacial score (nSPS) is 17.2. The molecule has 6 heteroatoms. The van der Waals surface area contributed by atoms with E-state index in [0.29, 0.717) is 10.7 Å². The Hall–Kier alpha value is -1.59. The van der Waals surface area contributed by atoms with Gasteiger partial charge in [-0.05, 0) is 50.2 Å². The highest BCUT2D eigenvalue weighted by Gasteiger charge is 2.29. The molecule has 5 nitrogen and oxygen atoms in total. The van der Waals surface area contributed by atoms with Crippen molar-refractivity contribution in [1.82, 2.24) is 4.90 Å². The van der Waals surface area contributed by atoms with E-state index in [0.717, 1.165) is 32.4 Å². The Labute approximate surface area is 128 Å². The number of benzene rings is 1. The number of halogens is 1. The van der Waals surface area contributed by atoms with Gasteiger partial charge in [0.25, 0.3) is 0 Å². The number of piperidine rings is 1. The van der Waals surface area contributed by atoms with Gasteiger partial charge in [-0.1, -0.05) is 18.0 Å². The first-order valence-electron chi connectivity index (χ1n) is 7.08. The summed E-state index contributed by atoms with van der Waals surface area (Å²) in [5.74, 6) is -1.24. The van der Waals surface area contributed by atoms with Crippen LogP contribution in [0, 0.1) is 0 Å². The van der Waals surface area contributed by atoms with Gasteiger partial charge >= 0.3 is 5.97 Å². The molecule has 1 aromatic carbocycles. The standard InChI is InChI=1S/C15H19ClN2O3/c16-11-4-6-12(7-5-11)17-14(19)10-13(15(20)21)18-8-2-1-3-9-18/h4-7,13H,1-3,8-10H2,(H,17,19)(H,20,21)/t13-/m0/s1. The summed E-state index contributed by atoms with van der Waals surface area (Å²) in [5, 5.41) is 12.6. The number of nitrogens with zero attached hydrogens (tertiary/aromatic N) is 1. The number of amides is 1. The van der Waals surface area contributed by atoms with Gasteiger partial charge in [0, 0.05) is 10.7 Å². The molecule has 0 spiro atoms. The van der Waals surface area contributed by atoms with Gasteiger partial charge in [-0.15, -0.1) is 0 Å². The quantitative estimate of drug-likeness (QED) is 0.877. The Bertz CT molecular complexity index is 498. The molecule has 2 N–H and O–H groups in total. The minimum Gasteiger partial charge on any atom is -0.480 e. The van der Waals surface area contributed by atoms with E-state index < -0.39 is 12.0 Å². The highest BCUT2D eigenvalue weighted by molar-refractivity contribution is 6.30. The lowest BCUT2D eigenvalue weighted by Crippen LogP contribution is -2.45. The topological polar surface area (TPSA) is 69.6 Å². The number of hydrogen-bond acceptors (Lipinski definition) is 3. The summed E-state index contributed by atoms with van der Waals surface area (Å²) >= 11 is 5.78. The molecule has 2 rings (SSSR count). The van der Waals surface area contributed by atoms with Gasteiger partial charge in [0.15, 0.2) is 0 Å². The average Bonchev–Trinajstić information content (AvgIpc) is 2.48. The largest absolute Gasteiger partial charge is 0.480 e. The molecule has 0 unspecified atom stereocenters. The zero-order valence-corrected chi connectivity index (χ0v) is 12.5. The van der Waals surface area contributed by atoms with E-state index in [4.69, 9.17) is 11.6 Å². The van der Waals surface area contributed by atoms with Gasteiger partial charge in [-0.2, -0.15) is 0 Å². The van der Waals surface area contributed by atoms with Crippen LogP contribution in [-0.2, 0) is 9.59 Å². The summed E-state index contributed by atoms with van der Waals surface area (Å²) in [6.07, 6.45) is 3.06. The molecule has 1 fully saturated rings. The first kappa shape index (κ1) is 15.8. The number of anilines is 1. The van der Waals surface area contributed by atoms with Crippen molar-refractivity contribution in [3.8, 4) is 0 Å². The number of hydrogen-bond donors (Lipinski definition) is 2. The maximum atomic E-state index is 12.0. The van der Waals surface area contributed by atoms with Crippen molar-refractivity contribution < 1.29 is 14.7 Å². The second-order valence-corrected chi connectivity index (χ2v) is 5.65. The molecule has 0 bridgehead atoms. The predicted octanol–water partition coefficient (Wildman–Crippen LogP) is 2.61. The van der Waals surface area contributed by atoms with Crippen LogP contribution in [-0.4, -0.2) is 41.0 Å². The number of nitrogens with one attached hydrogen (secondary N) is 1. The van der Waals surface area contributed by atoms with Crippen molar-refractivity contribution in [2.45, 2.75) is 31.7 Å². The third-order valence-electron chi connectivity index (χ3n) is 3.62. The van der Waals surface area contributed by atoms with Crippen LogP contribution >= 0.6 is 11.6 Å². The molecule has 1 aliphatic rings. The molecule has 1 saturated heterocycles. The summed E-state index contributed by atoms with van der Waals surface area (Å²) in [7, 11) is 0. The smallest absolute Gasteiger partial charge is 0.321 e. The van der Waals surface area contributed by atoms with Gasteiger partial charge < -0.3 is 10.4 Å². The highest BCUT2D eigenvalue weighted by atomic mass is 35.5. The van der Waals surface area contributed by atoms with Gasteiger partial charge in [-0.3, -0.25) is 14.5 Å². The van der Waals surface area contributed by atoms with Gasteiger partial charge in [0.1, 0.15) is 6.04 Å². The van der Waals surface area contributed by atoms with Crippen LogP contribution in [0.5, 0.6) is 0 Å². The van der Waals surface area contributed by atoms with Crippen molar-refractivity contribution in [3.63, 3.8) is 0 Å². The molecule has 21 heavy (non-hydrogen) atoms.